The molecule has 0 aliphatic carbocycles. The number of hydrogen-bond acceptors (Lipinski definition) is 3. The topological polar surface area (TPSA) is 63.6 Å². The summed E-state index contributed by atoms with van der Waals surface area (Å²) >= 11 is 0. The summed E-state index contributed by atoms with van der Waals surface area (Å²) in [6, 6.07) is 0. The first-order chi connectivity index (χ1) is 6.08. The number of aliphatic carboxylic acids is 1. The second kappa shape index (κ2) is 10.7. The van der Waals surface area contributed by atoms with Crippen LogP contribution < -0.4 is 0 Å². The quantitative estimate of drug-likeness (QED) is 0.537. The predicted molar refractivity (Wildman–Crippen MR) is 49.4 cm³/mol. The van der Waals surface area contributed by atoms with E-state index in [1.165, 1.54) is 0 Å². The van der Waals surface area contributed by atoms with Gasteiger partial charge in [0, 0.05) is 12.8 Å². The fraction of sp³-hybridized carbons (Fsp3) is 0.556. The molecular weight excluding hydrogens is 172 g/mol. The molecule has 0 amide bonds. The van der Waals surface area contributed by atoms with Crippen LogP contribution in [0, 0.1) is 0 Å². The minimum atomic E-state index is -0.745. The Labute approximate surface area is 78.2 Å². The maximum Gasteiger partial charge on any atom is 0.305 e. The van der Waals surface area contributed by atoms with Gasteiger partial charge >= 0.3 is 11.9 Å². The van der Waals surface area contributed by atoms with Crippen molar-refractivity contribution in [3.05, 3.63) is 12.7 Å². The van der Waals surface area contributed by atoms with Crippen molar-refractivity contribution in [2.24, 2.45) is 0 Å². The lowest BCUT2D eigenvalue weighted by atomic mass is 10.5. The standard InChI is InChI=1S/C6H10O2.C3H6O2/c1-3-5-8-6(7)4-2;1-2-3(4)5/h3H,1,4-5H2,2H3;2H2,1H3,(H,4,5). The van der Waals surface area contributed by atoms with Gasteiger partial charge in [-0.25, -0.2) is 0 Å². The van der Waals surface area contributed by atoms with Gasteiger partial charge in [-0.1, -0.05) is 26.5 Å². The van der Waals surface area contributed by atoms with Gasteiger partial charge in [0.05, 0.1) is 0 Å². The highest BCUT2D eigenvalue weighted by Crippen LogP contribution is 1.82. The summed E-state index contributed by atoms with van der Waals surface area (Å²) in [5, 5.41) is 7.72. The van der Waals surface area contributed by atoms with E-state index < -0.39 is 5.97 Å². The van der Waals surface area contributed by atoms with E-state index in [0.717, 1.165) is 0 Å². The first-order valence-electron chi connectivity index (χ1n) is 4.06. The molecule has 0 unspecified atom stereocenters. The van der Waals surface area contributed by atoms with Crippen LogP contribution in [0.1, 0.15) is 26.7 Å². The van der Waals surface area contributed by atoms with E-state index in [4.69, 9.17) is 5.11 Å². The van der Waals surface area contributed by atoms with Crippen LogP contribution in [0.15, 0.2) is 12.7 Å². The van der Waals surface area contributed by atoms with Crippen molar-refractivity contribution in [2.45, 2.75) is 26.7 Å². The van der Waals surface area contributed by atoms with Crippen molar-refractivity contribution in [1.29, 1.82) is 0 Å². The Morgan fingerprint density at radius 3 is 2.08 bits per heavy atom. The lowest BCUT2D eigenvalue weighted by molar-refractivity contribution is -0.142. The number of carbonyl (C=O) groups excluding carboxylic acids is 1. The third kappa shape index (κ3) is 18.0. The largest absolute Gasteiger partial charge is 0.481 e. The summed E-state index contributed by atoms with van der Waals surface area (Å²) in [6.45, 7) is 7.07. The molecule has 76 valence electrons. The van der Waals surface area contributed by atoms with Crippen molar-refractivity contribution in [1.82, 2.24) is 0 Å². The second-order valence-electron chi connectivity index (χ2n) is 2.07. The summed E-state index contributed by atoms with van der Waals surface area (Å²) in [5.41, 5.74) is 0. The molecule has 0 bridgehead atoms. The van der Waals surface area contributed by atoms with E-state index in [0.29, 0.717) is 13.0 Å². The molecule has 0 aliphatic heterocycles. The molecule has 0 aromatic rings. The zero-order chi connectivity index (χ0) is 10.7. The molecule has 0 aliphatic rings. The number of hydrogen-bond donors (Lipinski definition) is 1. The Balaban J connectivity index is 0. The molecule has 0 heterocycles. The molecule has 0 spiro atoms. The van der Waals surface area contributed by atoms with Gasteiger partial charge in [0.25, 0.3) is 0 Å². The van der Waals surface area contributed by atoms with Crippen molar-refractivity contribution in [3.8, 4) is 0 Å². The number of rotatable bonds is 4. The molecule has 0 aromatic heterocycles. The van der Waals surface area contributed by atoms with Gasteiger partial charge in [0.15, 0.2) is 0 Å². The summed E-state index contributed by atoms with van der Waals surface area (Å²) in [6.07, 6.45) is 2.21. The fourth-order valence-corrected chi connectivity index (χ4v) is 0.254. The van der Waals surface area contributed by atoms with Gasteiger partial charge in [-0.05, 0) is 0 Å². The van der Waals surface area contributed by atoms with Crippen LogP contribution in [0.2, 0.25) is 0 Å². The van der Waals surface area contributed by atoms with Crippen molar-refractivity contribution in [2.75, 3.05) is 6.61 Å². The van der Waals surface area contributed by atoms with E-state index in [2.05, 4.69) is 11.3 Å². The molecule has 4 heteroatoms. The summed E-state index contributed by atoms with van der Waals surface area (Å²) in [5.74, 6) is -0.921. The van der Waals surface area contributed by atoms with Gasteiger partial charge in [-0.2, -0.15) is 0 Å². The average molecular weight is 188 g/mol. The Bertz CT molecular complexity index is 163. The Hall–Kier alpha value is -1.32. The van der Waals surface area contributed by atoms with E-state index >= 15 is 0 Å². The molecule has 0 rings (SSSR count). The van der Waals surface area contributed by atoms with E-state index in [-0.39, 0.29) is 12.4 Å². The normalized spacial score (nSPS) is 7.85. The van der Waals surface area contributed by atoms with Crippen LogP contribution in [0.25, 0.3) is 0 Å². The number of carbonyl (C=O) groups is 2. The van der Waals surface area contributed by atoms with Crippen LogP contribution in [0.3, 0.4) is 0 Å². The first-order valence-corrected chi connectivity index (χ1v) is 4.06. The highest BCUT2D eigenvalue weighted by atomic mass is 16.5. The molecule has 0 saturated heterocycles. The Morgan fingerprint density at radius 1 is 1.38 bits per heavy atom. The van der Waals surface area contributed by atoms with E-state index in [9.17, 15) is 9.59 Å². The maximum atomic E-state index is 10.3. The zero-order valence-electron chi connectivity index (χ0n) is 8.08. The van der Waals surface area contributed by atoms with E-state index in [1.54, 1.807) is 19.9 Å². The highest BCUT2D eigenvalue weighted by Gasteiger charge is 1.92. The molecule has 13 heavy (non-hydrogen) atoms. The minimum Gasteiger partial charge on any atom is -0.481 e. The van der Waals surface area contributed by atoms with Crippen LogP contribution in [-0.2, 0) is 14.3 Å². The summed E-state index contributed by atoms with van der Waals surface area (Å²) < 4.78 is 4.58. The number of carboxylic acid groups (broad SMARTS) is 1. The molecule has 0 fully saturated rings. The van der Waals surface area contributed by atoms with Crippen LogP contribution in [0.5, 0.6) is 0 Å². The molecule has 1 N–H and O–H groups in total. The molecule has 4 nitrogen and oxygen atoms in total. The van der Waals surface area contributed by atoms with Crippen molar-refractivity contribution in [3.63, 3.8) is 0 Å². The van der Waals surface area contributed by atoms with E-state index in [1.807, 2.05) is 0 Å². The molecule has 0 saturated carbocycles. The fourth-order valence-electron chi connectivity index (χ4n) is 0.254. The first kappa shape index (κ1) is 14.2. The third-order valence-corrected chi connectivity index (χ3v) is 0.953. The number of carboxylic acids is 1. The zero-order valence-corrected chi connectivity index (χ0v) is 8.08. The van der Waals surface area contributed by atoms with Gasteiger partial charge < -0.3 is 9.84 Å². The minimum absolute atomic E-state index is 0.176. The second-order valence-corrected chi connectivity index (χ2v) is 2.07. The number of esters is 1. The van der Waals surface area contributed by atoms with Crippen molar-refractivity contribution < 1.29 is 19.4 Å². The summed E-state index contributed by atoms with van der Waals surface area (Å²) in [7, 11) is 0. The number of ether oxygens (including phenoxy) is 1. The molecular formula is C9H16O4. The molecule has 0 radical (unpaired) electrons. The summed E-state index contributed by atoms with van der Waals surface area (Å²) in [4.78, 5) is 19.7. The van der Waals surface area contributed by atoms with Crippen LogP contribution >= 0.6 is 0 Å². The smallest absolute Gasteiger partial charge is 0.305 e. The van der Waals surface area contributed by atoms with Gasteiger partial charge in [-0.15, -0.1) is 0 Å². The van der Waals surface area contributed by atoms with Crippen molar-refractivity contribution >= 4 is 11.9 Å². The molecule has 0 aromatic carbocycles. The lowest BCUT2D eigenvalue weighted by Crippen LogP contribution is -2.00. The van der Waals surface area contributed by atoms with Gasteiger partial charge in [0.1, 0.15) is 6.61 Å². The molecule has 0 atom stereocenters. The van der Waals surface area contributed by atoms with Gasteiger partial charge in [-0.3, -0.25) is 9.59 Å². The van der Waals surface area contributed by atoms with Crippen LogP contribution in [-0.4, -0.2) is 23.7 Å². The monoisotopic (exact) mass is 188 g/mol. The highest BCUT2D eigenvalue weighted by molar-refractivity contribution is 5.68. The Morgan fingerprint density at radius 2 is 1.85 bits per heavy atom. The van der Waals surface area contributed by atoms with Gasteiger partial charge in [0.2, 0.25) is 0 Å². The lowest BCUT2D eigenvalue weighted by Gasteiger charge is -1.94. The third-order valence-electron chi connectivity index (χ3n) is 0.953. The maximum absolute atomic E-state index is 10.3. The Kier molecular flexibility index (Phi) is 11.7. The SMILES string of the molecule is C=CCOC(=O)CC.CCC(=O)O. The van der Waals surface area contributed by atoms with Crippen LogP contribution in [0.4, 0.5) is 0 Å². The predicted octanol–water partition coefficient (Wildman–Crippen LogP) is 1.61. The average Bonchev–Trinajstić information content (AvgIpc) is 2.15.